The summed E-state index contributed by atoms with van der Waals surface area (Å²) in [7, 11) is 0. The van der Waals surface area contributed by atoms with Gasteiger partial charge in [-0.2, -0.15) is 4.99 Å². The van der Waals surface area contributed by atoms with Crippen LogP contribution in [0.4, 0.5) is 10.2 Å². The highest BCUT2D eigenvalue weighted by Gasteiger charge is 2.51. The van der Waals surface area contributed by atoms with Crippen LogP contribution in [0.1, 0.15) is 18.2 Å². The largest absolute Gasteiger partial charge is 0.393 e. The lowest BCUT2D eigenvalue weighted by Crippen LogP contribution is -2.37. The number of hydrogen-bond acceptors (Lipinski definition) is 6. The number of rotatable bonds is 2. The van der Waals surface area contributed by atoms with Crippen molar-refractivity contribution in [3.05, 3.63) is 30.8 Å². The summed E-state index contributed by atoms with van der Waals surface area (Å²) in [6.45, 7) is 6.66. The predicted octanol–water partition coefficient (Wildman–Crippen LogP) is -0.0343. The van der Waals surface area contributed by atoms with Crippen LogP contribution >= 0.6 is 0 Å². The van der Waals surface area contributed by atoms with E-state index in [-0.39, 0.29) is 18.0 Å². The van der Waals surface area contributed by atoms with E-state index < -0.39 is 24.4 Å². The minimum Gasteiger partial charge on any atom is -0.393 e. The van der Waals surface area contributed by atoms with E-state index in [9.17, 15) is 14.6 Å². The van der Waals surface area contributed by atoms with Crippen LogP contribution in [-0.2, 0) is 0 Å². The van der Waals surface area contributed by atoms with Crippen molar-refractivity contribution in [2.45, 2.75) is 24.2 Å². The van der Waals surface area contributed by atoms with E-state index in [4.69, 9.17) is 5.73 Å². The Balaban J connectivity index is 2.05. The van der Waals surface area contributed by atoms with Crippen molar-refractivity contribution in [3.8, 4) is 0 Å². The van der Waals surface area contributed by atoms with E-state index >= 15 is 0 Å². The molecular formula is C13H16FN5O2. The van der Waals surface area contributed by atoms with Crippen molar-refractivity contribution in [2.75, 3.05) is 6.61 Å². The maximum absolute atomic E-state index is 14.5. The van der Waals surface area contributed by atoms with E-state index in [0.717, 1.165) is 0 Å². The van der Waals surface area contributed by atoms with Gasteiger partial charge in [-0.15, -0.1) is 0 Å². The van der Waals surface area contributed by atoms with Crippen LogP contribution in [0.2, 0.25) is 0 Å². The standard InChI is InChI=1S/C13H16FN5O2/c1-6-8(3-9(21)13(6,14)4-20)19-5-16-10-7(2)17-12(15)18-11(10)19/h5,8-9,20-21H,1-4H2,(H3,15,17,18)/t8-,9-,13+/m0/s1. The molecule has 1 aromatic heterocycles. The number of nitrogens with two attached hydrogens (primary N) is 1. The summed E-state index contributed by atoms with van der Waals surface area (Å²) < 4.78 is 16.1. The topological polar surface area (TPSA) is 109 Å². The molecule has 7 nitrogen and oxygen atoms in total. The normalized spacial score (nSPS) is 31.9. The van der Waals surface area contributed by atoms with Gasteiger partial charge in [-0.25, -0.2) is 9.37 Å². The zero-order valence-corrected chi connectivity index (χ0v) is 11.3. The Morgan fingerprint density at radius 3 is 2.90 bits per heavy atom. The molecule has 0 aromatic carbocycles. The van der Waals surface area contributed by atoms with Crippen LogP contribution in [0.15, 0.2) is 30.1 Å². The Morgan fingerprint density at radius 1 is 1.57 bits per heavy atom. The average Bonchev–Trinajstić information content (AvgIpc) is 2.94. The molecule has 8 heteroatoms. The van der Waals surface area contributed by atoms with Crippen LogP contribution in [-0.4, -0.2) is 44.1 Å². The van der Waals surface area contributed by atoms with Crippen molar-refractivity contribution in [1.82, 2.24) is 14.9 Å². The van der Waals surface area contributed by atoms with Crippen LogP contribution < -0.4 is 11.1 Å². The molecule has 0 amide bonds. The minimum atomic E-state index is -2.22. The van der Waals surface area contributed by atoms with Crippen molar-refractivity contribution >= 4 is 17.5 Å². The maximum Gasteiger partial charge on any atom is 0.199 e. The molecule has 112 valence electrons. The second-order valence-electron chi connectivity index (χ2n) is 5.24. The molecule has 1 aliphatic heterocycles. The van der Waals surface area contributed by atoms with Crippen molar-refractivity contribution in [3.63, 3.8) is 0 Å². The monoisotopic (exact) mass is 293 g/mol. The first-order valence-corrected chi connectivity index (χ1v) is 6.43. The lowest BCUT2D eigenvalue weighted by molar-refractivity contribution is -0.00222. The first-order chi connectivity index (χ1) is 9.88. The van der Waals surface area contributed by atoms with Gasteiger partial charge in [-0.1, -0.05) is 13.2 Å². The molecule has 1 aliphatic carbocycles. The van der Waals surface area contributed by atoms with Gasteiger partial charge in [-0.3, -0.25) is 0 Å². The zero-order valence-electron chi connectivity index (χ0n) is 11.3. The van der Waals surface area contributed by atoms with Crippen molar-refractivity contribution < 1.29 is 14.6 Å². The predicted molar refractivity (Wildman–Crippen MR) is 75.4 cm³/mol. The van der Waals surface area contributed by atoms with E-state index in [0.29, 0.717) is 17.2 Å². The Hall–Kier alpha value is -2.19. The van der Waals surface area contributed by atoms with E-state index in [1.54, 1.807) is 4.57 Å². The molecule has 0 spiro atoms. The smallest absolute Gasteiger partial charge is 0.199 e. The maximum atomic E-state index is 14.5. The third-order valence-corrected chi connectivity index (χ3v) is 4.04. The number of guanidine groups is 1. The summed E-state index contributed by atoms with van der Waals surface area (Å²) >= 11 is 0. The molecule has 2 heterocycles. The molecule has 3 rings (SSSR count). The molecule has 0 unspecified atom stereocenters. The minimum absolute atomic E-state index is 0.0774. The number of halogens is 1. The van der Waals surface area contributed by atoms with Gasteiger partial charge in [0.1, 0.15) is 5.69 Å². The fourth-order valence-electron chi connectivity index (χ4n) is 2.78. The van der Waals surface area contributed by atoms with E-state index in [1.807, 2.05) is 0 Å². The fraction of sp³-hybridized carbons (Fsp3) is 0.385. The van der Waals surface area contributed by atoms with Crippen molar-refractivity contribution in [1.29, 1.82) is 0 Å². The first-order valence-electron chi connectivity index (χ1n) is 6.43. The number of aromatic nitrogens is 2. The van der Waals surface area contributed by atoms with Gasteiger partial charge in [0.25, 0.3) is 0 Å². The van der Waals surface area contributed by atoms with Gasteiger partial charge >= 0.3 is 0 Å². The number of fused-ring (bicyclic) bond motifs is 1. The second kappa shape index (κ2) is 4.40. The Kier molecular flexibility index (Phi) is 2.89. The number of nitrogens with one attached hydrogen (secondary N) is 1. The summed E-state index contributed by atoms with van der Waals surface area (Å²) in [5.41, 5.74) is 4.53. The number of hydrogen-bond donors (Lipinski definition) is 4. The van der Waals surface area contributed by atoms with E-state index in [2.05, 4.69) is 28.5 Å². The quantitative estimate of drug-likeness (QED) is 0.572. The molecule has 1 saturated carbocycles. The average molecular weight is 293 g/mol. The van der Waals surface area contributed by atoms with Crippen LogP contribution in [0, 0.1) is 0 Å². The summed E-state index contributed by atoms with van der Waals surface area (Å²) in [5.74, 6) is 0.587. The van der Waals surface area contributed by atoms with Gasteiger partial charge in [0, 0.05) is 6.42 Å². The fourth-order valence-corrected chi connectivity index (χ4v) is 2.78. The van der Waals surface area contributed by atoms with Gasteiger partial charge in [0.15, 0.2) is 17.4 Å². The third kappa shape index (κ3) is 1.79. The van der Waals surface area contributed by atoms with Gasteiger partial charge in [0.05, 0.1) is 30.8 Å². The number of aliphatic hydroxyl groups is 2. The molecular weight excluding hydrogens is 277 g/mol. The van der Waals surface area contributed by atoms with Crippen LogP contribution in [0.3, 0.4) is 0 Å². The van der Waals surface area contributed by atoms with Crippen LogP contribution in [0.25, 0.3) is 5.70 Å². The molecule has 2 aliphatic rings. The molecule has 21 heavy (non-hydrogen) atoms. The van der Waals surface area contributed by atoms with Gasteiger partial charge in [-0.05, 0) is 5.57 Å². The second-order valence-corrected chi connectivity index (χ2v) is 5.24. The van der Waals surface area contributed by atoms with Gasteiger partial charge < -0.3 is 25.8 Å². The molecule has 0 saturated heterocycles. The SMILES string of the molecule is C=C1NC(N)=Nc2c1ncn2[C@H]1C[C@H](O)[C@@](F)(CO)C1=C. The molecule has 1 aromatic rings. The lowest BCUT2D eigenvalue weighted by atomic mass is 9.99. The summed E-state index contributed by atoms with van der Waals surface area (Å²) in [4.78, 5) is 8.33. The summed E-state index contributed by atoms with van der Waals surface area (Å²) in [6, 6.07) is -0.559. The number of imidazole rings is 1. The Bertz CT molecular complexity index is 668. The number of aliphatic imine (C=N–C) groups is 1. The number of alkyl halides is 1. The number of aliphatic hydroxyl groups excluding tert-OH is 2. The molecule has 0 bridgehead atoms. The van der Waals surface area contributed by atoms with Gasteiger partial charge in [0.2, 0.25) is 0 Å². The number of nitrogens with zero attached hydrogens (tertiary/aromatic N) is 3. The molecule has 3 atom stereocenters. The summed E-state index contributed by atoms with van der Waals surface area (Å²) in [5, 5.41) is 21.8. The Morgan fingerprint density at radius 2 is 2.29 bits per heavy atom. The van der Waals surface area contributed by atoms with Crippen molar-refractivity contribution in [2.24, 2.45) is 10.7 Å². The molecule has 0 radical (unpaired) electrons. The molecule has 1 fully saturated rings. The zero-order chi connectivity index (χ0) is 15.4. The molecule has 5 N–H and O–H groups in total. The van der Waals surface area contributed by atoms with Crippen LogP contribution in [0.5, 0.6) is 0 Å². The first kappa shape index (κ1) is 13.8. The highest BCUT2D eigenvalue weighted by atomic mass is 19.1. The highest BCUT2D eigenvalue weighted by molar-refractivity contribution is 5.93. The highest BCUT2D eigenvalue weighted by Crippen LogP contribution is 2.46. The lowest BCUT2D eigenvalue weighted by Gasteiger charge is -2.23. The summed E-state index contributed by atoms with van der Waals surface area (Å²) in [6.07, 6.45) is 0.226. The van der Waals surface area contributed by atoms with E-state index in [1.165, 1.54) is 6.33 Å². The third-order valence-electron chi connectivity index (χ3n) is 4.04. The Labute approximate surface area is 120 Å².